The molecule has 1 aromatic carbocycles. The zero-order chi connectivity index (χ0) is 13.6. The predicted octanol–water partition coefficient (Wildman–Crippen LogP) is 3.39. The molecule has 0 atom stereocenters. The molecular weight excluding hydrogens is 277 g/mol. The van der Waals surface area contributed by atoms with Crippen molar-refractivity contribution in [2.45, 2.75) is 23.9 Å². The van der Waals surface area contributed by atoms with E-state index in [2.05, 4.69) is 6.58 Å². The standard InChI is InChI=1S/C12H15F3OSSi/c1-9(16-18)3-2-8-17-11-6-4-10(5-7-11)12(13,14)15/h4-7H,1-3,8H2,18H3. The highest BCUT2D eigenvalue weighted by Gasteiger charge is 2.29. The molecule has 1 nitrogen and oxygen atoms in total. The van der Waals surface area contributed by atoms with Gasteiger partial charge in [0.1, 0.15) is 0 Å². The number of hydrogen-bond acceptors (Lipinski definition) is 2. The SMILES string of the molecule is C=C(CCCSc1ccc(C(F)(F)F)cc1)O[SiH3]. The lowest BCUT2D eigenvalue weighted by atomic mass is 10.2. The molecule has 0 aliphatic rings. The molecule has 0 N–H and O–H groups in total. The number of allylic oxidation sites excluding steroid dienone is 1. The Hall–Kier alpha value is -0.883. The molecular formula is C12H15F3OSSi. The van der Waals surface area contributed by atoms with Crippen LogP contribution in [0, 0.1) is 0 Å². The van der Waals surface area contributed by atoms with Gasteiger partial charge >= 0.3 is 6.18 Å². The second-order valence-electron chi connectivity index (χ2n) is 3.72. The van der Waals surface area contributed by atoms with E-state index in [4.69, 9.17) is 4.43 Å². The van der Waals surface area contributed by atoms with Crippen LogP contribution in [0.4, 0.5) is 13.2 Å². The van der Waals surface area contributed by atoms with E-state index >= 15 is 0 Å². The van der Waals surface area contributed by atoms with E-state index in [9.17, 15) is 13.2 Å². The van der Waals surface area contributed by atoms with Crippen LogP contribution >= 0.6 is 11.8 Å². The third-order valence-corrected chi connectivity index (χ3v) is 4.01. The predicted molar refractivity (Wildman–Crippen MR) is 71.6 cm³/mol. The molecule has 0 saturated carbocycles. The van der Waals surface area contributed by atoms with Crippen LogP contribution in [-0.2, 0) is 10.6 Å². The van der Waals surface area contributed by atoms with Gasteiger partial charge in [-0.15, -0.1) is 11.8 Å². The van der Waals surface area contributed by atoms with Crippen LogP contribution in [0.5, 0.6) is 0 Å². The minimum absolute atomic E-state index is 0.607. The Labute approximate surface area is 112 Å². The van der Waals surface area contributed by atoms with Crippen molar-refractivity contribution in [1.82, 2.24) is 0 Å². The van der Waals surface area contributed by atoms with Gasteiger partial charge in [0, 0.05) is 11.3 Å². The summed E-state index contributed by atoms with van der Waals surface area (Å²) in [5, 5.41) is 0. The molecule has 6 heteroatoms. The first-order valence-electron chi connectivity index (χ1n) is 5.45. The topological polar surface area (TPSA) is 9.23 Å². The lowest BCUT2D eigenvalue weighted by molar-refractivity contribution is -0.137. The first-order valence-corrected chi connectivity index (χ1v) is 7.25. The van der Waals surface area contributed by atoms with E-state index < -0.39 is 11.7 Å². The van der Waals surface area contributed by atoms with Crippen molar-refractivity contribution in [2.24, 2.45) is 0 Å². The van der Waals surface area contributed by atoms with Crippen LogP contribution in [0.1, 0.15) is 18.4 Å². The van der Waals surface area contributed by atoms with Crippen molar-refractivity contribution in [1.29, 1.82) is 0 Å². The molecule has 1 rings (SSSR count). The maximum absolute atomic E-state index is 12.3. The van der Waals surface area contributed by atoms with Crippen molar-refractivity contribution in [3.8, 4) is 0 Å². The van der Waals surface area contributed by atoms with Gasteiger partial charge in [-0.1, -0.05) is 6.58 Å². The summed E-state index contributed by atoms with van der Waals surface area (Å²) >= 11 is 1.54. The van der Waals surface area contributed by atoms with Crippen LogP contribution in [0.3, 0.4) is 0 Å². The van der Waals surface area contributed by atoms with Crippen LogP contribution in [0.2, 0.25) is 0 Å². The number of benzene rings is 1. The van der Waals surface area contributed by atoms with Gasteiger partial charge in [0.25, 0.3) is 0 Å². The molecule has 0 spiro atoms. The molecule has 0 saturated heterocycles. The normalized spacial score (nSPS) is 11.5. The molecule has 0 aliphatic heterocycles. The minimum Gasteiger partial charge on any atom is -0.556 e. The fourth-order valence-corrected chi connectivity index (χ4v) is 2.36. The Kier molecular flexibility index (Phi) is 5.81. The zero-order valence-electron chi connectivity index (χ0n) is 10.1. The van der Waals surface area contributed by atoms with Gasteiger partial charge in [0.2, 0.25) is 10.5 Å². The largest absolute Gasteiger partial charge is 0.556 e. The second-order valence-corrected chi connectivity index (χ2v) is 5.29. The van der Waals surface area contributed by atoms with Gasteiger partial charge in [0.15, 0.2) is 0 Å². The number of halogens is 3. The highest BCUT2D eigenvalue weighted by molar-refractivity contribution is 7.99. The van der Waals surface area contributed by atoms with Crippen molar-refractivity contribution >= 4 is 22.2 Å². The zero-order valence-corrected chi connectivity index (χ0v) is 12.9. The molecule has 1 aromatic rings. The minimum atomic E-state index is -4.26. The third kappa shape index (κ3) is 5.18. The van der Waals surface area contributed by atoms with Gasteiger partial charge in [-0.3, -0.25) is 0 Å². The van der Waals surface area contributed by atoms with Crippen LogP contribution < -0.4 is 0 Å². The summed E-state index contributed by atoms with van der Waals surface area (Å²) in [5.41, 5.74) is -0.607. The maximum Gasteiger partial charge on any atom is 0.416 e. The average molecular weight is 292 g/mol. The summed E-state index contributed by atoms with van der Waals surface area (Å²) in [4.78, 5) is 0.848. The first-order chi connectivity index (χ1) is 8.43. The maximum atomic E-state index is 12.3. The van der Waals surface area contributed by atoms with Gasteiger partial charge < -0.3 is 4.43 Å². The molecule has 0 fully saturated rings. The number of alkyl halides is 3. The van der Waals surface area contributed by atoms with E-state index in [1.165, 1.54) is 23.9 Å². The highest BCUT2D eigenvalue weighted by atomic mass is 32.2. The van der Waals surface area contributed by atoms with E-state index in [-0.39, 0.29) is 0 Å². The van der Waals surface area contributed by atoms with Crippen molar-refractivity contribution in [3.63, 3.8) is 0 Å². The Bertz CT molecular complexity index is 389. The summed E-state index contributed by atoms with van der Waals surface area (Å²) in [6.45, 7) is 3.73. The van der Waals surface area contributed by atoms with Crippen molar-refractivity contribution in [3.05, 3.63) is 42.2 Å². The van der Waals surface area contributed by atoms with Crippen LogP contribution in [0.25, 0.3) is 0 Å². The summed E-state index contributed by atoms with van der Waals surface area (Å²) in [6, 6.07) is 5.24. The van der Waals surface area contributed by atoms with Crippen molar-refractivity contribution in [2.75, 3.05) is 5.75 Å². The van der Waals surface area contributed by atoms with Crippen molar-refractivity contribution < 1.29 is 17.6 Å². The van der Waals surface area contributed by atoms with E-state index in [1.54, 1.807) is 0 Å². The molecule has 0 aliphatic carbocycles. The molecule has 18 heavy (non-hydrogen) atoms. The Morgan fingerprint density at radius 3 is 2.39 bits per heavy atom. The summed E-state index contributed by atoms with van der Waals surface area (Å²) in [7, 11) is 0.648. The molecule has 100 valence electrons. The lowest BCUT2D eigenvalue weighted by Crippen LogP contribution is -2.03. The number of hydrogen-bond donors (Lipinski definition) is 0. The smallest absolute Gasteiger partial charge is 0.416 e. The molecule has 0 unspecified atom stereocenters. The van der Waals surface area contributed by atoms with E-state index in [1.807, 2.05) is 0 Å². The summed E-state index contributed by atoms with van der Waals surface area (Å²) < 4.78 is 42.0. The van der Waals surface area contributed by atoms with E-state index in [0.29, 0.717) is 10.5 Å². The van der Waals surface area contributed by atoms with E-state index in [0.717, 1.165) is 41.4 Å². The lowest BCUT2D eigenvalue weighted by Gasteiger charge is -2.08. The van der Waals surface area contributed by atoms with Gasteiger partial charge in [-0.25, -0.2) is 0 Å². The fourth-order valence-electron chi connectivity index (χ4n) is 1.30. The Balaban J connectivity index is 2.38. The number of thioether (sulfide) groups is 1. The van der Waals surface area contributed by atoms with Gasteiger partial charge in [-0.05, 0) is 36.4 Å². The molecule has 0 heterocycles. The second kappa shape index (κ2) is 6.89. The van der Waals surface area contributed by atoms with Gasteiger partial charge in [-0.2, -0.15) is 13.2 Å². The first kappa shape index (κ1) is 15.2. The van der Waals surface area contributed by atoms with Gasteiger partial charge in [0.05, 0.1) is 11.3 Å². The summed E-state index contributed by atoms with van der Waals surface area (Å²) in [5.74, 6) is 1.63. The quantitative estimate of drug-likeness (QED) is 0.344. The molecule has 0 aromatic heterocycles. The Morgan fingerprint density at radius 2 is 1.89 bits per heavy atom. The number of rotatable bonds is 6. The highest BCUT2D eigenvalue weighted by Crippen LogP contribution is 2.30. The third-order valence-electron chi connectivity index (χ3n) is 2.34. The average Bonchev–Trinajstić information content (AvgIpc) is 2.33. The van der Waals surface area contributed by atoms with Crippen LogP contribution in [-0.4, -0.2) is 16.2 Å². The van der Waals surface area contributed by atoms with Crippen LogP contribution in [0.15, 0.2) is 41.5 Å². The molecule has 0 amide bonds. The molecule has 0 radical (unpaired) electrons. The monoisotopic (exact) mass is 292 g/mol. The molecule has 0 bridgehead atoms. The fraction of sp³-hybridized carbons (Fsp3) is 0.333. The summed E-state index contributed by atoms with van der Waals surface area (Å²) in [6.07, 6.45) is -2.55. The Morgan fingerprint density at radius 1 is 1.28 bits per heavy atom.